The molecule has 0 saturated heterocycles. The molecule has 0 spiro atoms. The van der Waals surface area contributed by atoms with Gasteiger partial charge >= 0.3 is 6.03 Å². The van der Waals surface area contributed by atoms with Gasteiger partial charge in [0.2, 0.25) is 6.41 Å². The molecule has 0 unspecified atom stereocenters. The molecule has 104 valence electrons. The number of carbonyl (C=O) groups excluding carboxylic acids is 2. The summed E-state index contributed by atoms with van der Waals surface area (Å²) < 4.78 is 1.02. The standard InChI is InChI=1S/C13H18BrN3O2/c14-12-4-2-11(3-5-12)6-8-16-13(19)17(10-18)9-1-7-15/h2-5,10H,1,6-9,15H2,(H,16,19). The Morgan fingerprint density at radius 2 is 2.05 bits per heavy atom. The molecule has 0 saturated carbocycles. The Bertz CT molecular complexity index is 409. The zero-order valence-corrected chi connectivity index (χ0v) is 12.2. The number of halogens is 1. The van der Waals surface area contributed by atoms with Gasteiger partial charge < -0.3 is 11.1 Å². The van der Waals surface area contributed by atoms with Crippen molar-refractivity contribution >= 4 is 28.4 Å². The highest BCUT2D eigenvalue weighted by molar-refractivity contribution is 9.10. The highest BCUT2D eigenvalue weighted by atomic mass is 79.9. The van der Waals surface area contributed by atoms with E-state index in [0.29, 0.717) is 32.5 Å². The number of hydrogen-bond donors (Lipinski definition) is 2. The normalized spacial score (nSPS) is 10.0. The first-order valence-electron chi connectivity index (χ1n) is 6.11. The van der Waals surface area contributed by atoms with Gasteiger partial charge in [-0.05, 0) is 37.1 Å². The summed E-state index contributed by atoms with van der Waals surface area (Å²) in [7, 11) is 0. The average Bonchev–Trinajstić information content (AvgIpc) is 2.42. The molecule has 0 aromatic heterocycles. The van der Waals surface area contributed by atoms with E-state index in [1.165, 1.54) is 0 Å². The summed E-state index contributed by atoms with van der Waals surface area (Å²) in [6, 6.07) is 7.51. The first kappa shape index (κ1) is 15.7. The highest BCUT2D eigenvalue weighted by Gasteiger charge is 2.10. The Kier molecular flexibility index (Phi) is 7.14. The first-order valence-corrected chi connectivity index (χ1v) is 6.91. The molecule has 3 amide bonds. The van der Waals surface area contributed by atoms with Crippen molar-refractivity contribution in [3.05, 3.63) is 34.3 Å². The van der Waals surface area contributed by atoms with Gasteiger partial charge in [0.15, 0.2) is 0 Å². The lowest BCUT2D eigenvalue weighted by atomic mass is 10.1. The minimum Gasteiger partial charge on any atom is -0.337 e. The molecule has 1 rings (SSSR count). The molecular weight excluding hydrogens is 310 g/mol. The molecule has 6 heteroatoms. The van der Waals surface area contributed by atoms with E-state index in [1.807, 2.05) is 24.3 Å². The van der Waals surface area contributed by atoms with Crippen molar-refractivity contribution in [1.29, 1.82) is 0 Å². The topological polar surface area (TPSA) is 75.4 Å². The Morgan fingerprint density at radius 3 is 2.63 bits per heavy atom. The summed E-state index contributed by atoms with van der Waals surface area (Å²) in [5, 5.41) is 2.71. The summed E-state index contributed by atoms with van der Waals surface area (Å²) in [5.74, 6) is 0. The number of benzene rings is 1. The quantitative estimate of drug-likeness (QED) is 0.745. The zero-order valence-electron chi connectivity index (χ0n) is 10.6. The van der Waals surface area contributed by atoms with Crippen molar-refractivity contribution in [3.63, 3.8) is 0 Å². The van der Waals surface area contributed by atoms with Crippen LogP contribution in [0.3, 0.4) is 0 Å². The van der Waals surface area contributed by atoms with Gasteiger partial charge in [-0.1, -0.05) is 28.1 Å². The maximum atomic E-state index is 11.7. The van der Waals surface area contributed by atoms with Crippen LogP contribution in [-0.2, 0) is 11.2 Å². The van der Waals surface area contributed by atoms with E-state index < -0.39 is 0 Å². The molecule has 1 aromatic carbocycles. The minimum atomic E-state index is -0.374. The van der Waals surface area contributed by atoms with E-state index in [0.717, 1.165) is 21.4 Å². The largest absolute Gasteiger partial charge is 0.337 e. The summed E-state index contributed by atoms with van der Waals surface area (Å²) in [6.45, 7) is 1.30. The van der Waals surface area contributed by atoms with Crippen LogP contribution in [-0.4, -0.2) is 37.0 Å². The van der Waals surface area contributed by atoms with Crippen LogP contribution in [0, 0.1) is 0 Å². The van der Waals surface area contributed by atoms with Gasteiger partial charge in [0.1, 0.15) is 0 Å². The van der Waals surface area contributed by atoms with E-state index >= 15 is 0 Å². The fourth-order valence-electron chi connectivity index (χ4n) is 1.53. The van der Waals surface area contributed by atoms with Crippen LogP contribution in [0.4, 0.5) is 4.79 Å². The second-order valence-corrected chi connectivity index (χ2v) is 4.97. The van der Waals surface area contributed by atoms with Crippen LogP contribution in [0.2, 0.25) is 0 Å². The van der Waals surface area contributed by atoms with E-state index in [-0.39, 0.29) is 6.03 Å². The number of carbonyl (C=O) groups is 2. The maximum Gasteiger partial charge on any atom is 0.323 e. The molecule has 0 fully saturated rings. The molecule has 0 heterocycles. The van der Waals surface area contributed by atoms with Crippen molar-refractivity contribution in [2.75, 3.05) is 19.6 Å². The monoisotopic (exact) mass is 327 g/mol. The lowest BCUT2D eigenvalue weighted by molar-refractivity contribution is -0.115. The molecule has 0 aliphatic rings. The Labute approximate surface area is 121 Å². The fraction of sp³-hybridized carbons (Fsp3) is 0.385. The predicted octanol–water partition coefficient (Wildman–Crippen LogP) is 1.51. The second kappa shape index (κ2) is 8.66. The van der Waals surface area contributed by atoms with Crippen molar-refractivity contribution in [2.45, 2.75) is 12.8 Å². The maximum absolute atomic E-state index is 11.7. The molecule has 1 aromatic rings. The van der Waals surface area contributed by atoms with Crippen LogP contribution in [0.1, 0.15) is 12.0 Å². The lowest BCUT2D eigenvalue weighted by Crippen LogP contribution is -2.40. The molecule has 0 aliphatic heterocycles. The van der Waals surface area contributed by atoms with Gasteiger partial charge in [0.05, 0.1) is 0 Å². The number of hydrogen-bond acceptors (Lipinski definition) is 3. The van der Waals surface area contributed by atoms with Gasteiger partial charge in [-0.2, -0.15) is 0 Å². The van der Waals surface area contributed by atoms with Crippen LogP contribution < -0.4 is 11.1 Å². The van der Waals surface area contributed by atoms with Crippen molar-refractivity contribution in [1.82, 2.24) is 10.2 Å². The van der Waals surface area contributed by atoms with E-state index in [2.05, 4.69) is 21.2 Å². The van der Waals surface area contributed by atoms with Crippen LogP contribution in [0.25, 0.3) is 0 Å². The van der Waals surface area contributed by atoms with E-state index in [9.17, 15) is 9.59 Å². The van der Waals surface area contributed by atoms with Crippen LogP contribution >= 0.6 is 15.9 Å². The fourth-order valence-corrected chi connectivity index (χ4v) is 1.79. The number of nitrogens with two attached hydrogens (primary N) is 1. The molecule has 0 atom stereocenters. The Balaban J connectivity index is 2.33. The third kappa shape index (κ3) is 5.85. The zero-order chi connectivity index (χ0) is 14.1. The molecule has 3 N–H and O–H groups in total. The molecule has 0 radical (unpaired) electrons. The third-order valence-corrected chi connectivity index (χ3v) is 3.12. The lowest BCUT2D eigenvalue weighted by Gasteiger charge is -2.15. The Morgan fingerprint density at radius 1 is 1.37 bits per heavy atom. The minimum absolute atomic E-state index is 0.351. The second-order valence-electron chi connectivity index (χ2n) is 4.05. The first-order chi connectivity index (χ1) is 9.17. The Hall–Kier alpha value is -1.40. The number of urea groups is 1. The summed E-state index contributed by atoms with van der Waals surface area (Å²) in [6.07, 6.45) is 1.87. The van der Waals surface area contributed by atoms with Crippen molar-refractivity contribution in [2.24, 2.45) is 5.73 Å². The molecule has 19 heavy (non-hydrogen) atoms. The SMILES string of the molecule is NCCCN(C=O)C(=O)NCCc1ccc(Br)cc1. The summed E-state index contributed by atoms with van der Waals surface area (Å²) in [4.78, 5) is 23.5. The van der Waals surface area contributed by atoms with E-state index in [1.54, 1.807) is 0 Å². The van der Waals surface area contributed by atoms with Crippen molar-refractivity contribution in [3.8, 4) is 0 Å². The van der Waals surface area contributed by atoms with Crippen LogP contribution in [0.15, 0.2) is 28.7 Å². The van der Waals surface area contributed by atoms with Crippen LogP contribution in [0.5, 0.6) is 0 Å². The number of rotatable bonds is 7. The third-order valence-electron chi connectivity index (χ3n) is 2.59. The smallest absolute Gasteiger partial charge is 0.323 e. The van der Waals surface area contributed by atoms with Gasteiger partial charge in [0.25, 0.3) is 0 Å². The number of amides is 3. The van der Waals surface area contributed by atoms with Gasteiger partial charge in [0, 0.05) is 17.6 Å². The van der Waals surface area contributed by atoms with E-state index in [4.69, 9.17) is 5.73 Å². The molecule has 5 nitrogen and oxygen atoms in total. The highest BCUT2D eigenvalue weighted by Crippen LogP contribution is 2.10. The number of imide groups is 1. The van der Waals surface area contributed by atoms with Gasteiger partial charge in [-0.15, -0.1) is 0 Å². The summed E-state index contributed by atoms with van der Waals surface area (Å²) >= 11 is 3.36. The predicted molar refractivity (Wildman–Crippen MR) is 77.7 cm³/mol. The number of nitrogens with zero attached hydrogens (tertiary/aromatic N) is 1. The van der Waals surface area contributed by atoms with Crippen molar-refractivity contribution < 1.29 is 9.59 Å². The molecule has 0 aliphatic carbocycles. The van der Waals surface area contributed by atoms with Gasteiger partial charge in [-0.25, -0.2) is 4.79 Å². The number of nitrogens with one attached hydrogen (secondary N) is 1. The molecular formula is C13H18BrN3O2. The average molecular weight is 328 g/mol. The van der Waals surface area contributed by atoms with Gasteiger partial charge in [-0.3, -0.25) is 9.69 Å². The summed E-state index contributed by atoms with van der Waals surface area (Å²) in [5.41, 5.74) is 6.47. The molecule has 0 bridgehead atoms.